The molecule has 1 N–H and O–H groups in total. The van der Waals surface area contributed by atoms with E-state index in [-0.39, 0.29) is 5.69 Å². The molecule has 106 valence electrons. The molecule has 3 aromatic rings. The van der Waals surface area contributed by atoms with E-state index in [1.165, 1.54) is 21.9 Å². The van der Waals surface area contributed by atoms with Gasteiger partial charge in [-0.05, 0) is 23.8 Å². The normalized spacial score (nSPS) is 10.7. The van der Waals surface area contributed by atoms with Crippen LogP contribution >= 0.6 is 23.4 Å². The van der Waals surface area contributed by atoms with Crippen LogP contribution in [0.15, 0.2) is 64.5 Å². The summed E-state index contributed by atoms with van der Waals surface area (Å²) < 4.78 is 1.53. The average Bonchev–Trinajstić information content (AvgIpc) is 2.87. The monoisotopic (exact) mass is 317 g/mol. The maximum Gasteiger partial charge on any atom is 0.348 e. The molecule has 0 radical (unpaired) electrons. The van der Waals surface area contributed by atoms with Crippen LogP contribution in [0, 0.1) is 0 Å². The lowest BCUT2D eigenvalue weighted by molar-refractivity contribution is 0.870. The summed E-state index contributed by atoms with van der Waals surface area (Å²) in [5.74, 6) is 0.742. The van der Waals surface area contributed by atoms with Gasteiger partial charge >= 0.3 is 5.69 Å². The number of thioether (sulfide) groups is 1. The highest BCUT2D eigenvalue weighted by Crippen LogP contribution is 2.23. The molecule has 1 aromatic heterocycles. The zero-order chi connectivity index (χ0) is 14.7. The van der Waals surface area contributed by atoms with Crippen LogP contribution < -0.4 is 5.69 Å². The van der Waals surface area contributed by atoms with Gasteiger partial charge in [0.15, 0.2) is 5.16 Å². The summed E-state index contributed by atoms with van der Waals surface area (Å²) in [6.45, 7) is 0. The summed E-state index contributed by atoms with van der Waals surface area (Å²) in [6, 6.07) is 17.2. The van der Waals surface area contributed by atoms with Crippen molar-refractivity contribution in [3.8, 4) is 5.69 Å². The van der Waals surface area contributed by atoms with Crippen molar-refractivity contribution in [1.82, 2.24) is 14.8 Å². The smallest absolute Gasteiger partial charge is 0.246 e. The molecule has 4 nitrogen and oxygen atoms in total. The molecule has 0 atom stereocenters. The van der Waals surface area contributed by atoms with Gasteiger partial charge in [0.1, 0.15) is 0 Å². The van der Waals surface area contributed by atoms with Gasteiger partial charge in [0.05, 0.1) is 5.69 Å². The fourth-order valence-corrected chi connectivity index (χ4v) is 3.04. The first-order valence-electron chi connectivity index (χ1n) is 6.34. The zero-order valence-electron chi connectivity index (χ0n) is 11.0. The van der Waals surface area contributed by atoms with Crippen molar-refractivity contribution in [2.75, 3.05) is 0 Å². The molecule has 0 aliphatic heterocycles. The second kappa shape index (κ2) is 6.20. The van der Waals surface area contributed by atoms with Crippen molar-refractivity contribution in [2.45, 2.75) is 10.9 Å². The van der Waals surface area contributed by atoms with E-state index in [9.17, 15) is 4.79 Å². The Morgan fingerprint density at radius 2 is 1.95 bits per heavy atom. The molecule has 2 aromatic carbocycles. The fourth-order valence-electron chi connectivity index (χ4n) is 1.94. The SMILES string of the molecule is O=c1[nH]nc(SCc2ccccc2)n1-c1cccc(Cl)c1. The molecule has 0 amide bonds. The van der Waals surface area contributed by atoms with Gasteiger partial charge in [0.25, 0.3) is 0 Å². The Morgan fingerprint density at radius 3 is 2.71 bits per heavy atom. The van der Waals surface area contributed by atoms with Crippen molar-refractivity contribution >= 4 is 23.4 Å². The van der Waals surface area contributed by atoms with Gasteiger partial charge in [-0.2, -0.15) is 0 Å². The predicted molar refractivity (Wildman–Crippen MR) is 85.2 cm³/mol. The minimum absolute atomic E-state index is 0.271. The molecule has 0 saturated heterocycles. The van der Waals surface area contributed by atoms with Crippen LogP contribution in [-0.2, 0) is 5.75 Å². The van der Waals surface area contributed by atoms with Crippen LogP contribution in [0.25, 0.3) is 5.69 Å². The maximum absolute atomic E-state index is 12.0. The molecule has 0 bridgehead atoms. The van der Waals surface area contributed by atoms with Crippen molar-refractivity contribution in [3.63, 3.8) is 0 Å². The summed E-state index contributed by atoms with van der Waals surface area (Å²) in [7, 11) is 0. The number of aromatic amines is 1. The summed E-state index contributed by atoms with van der Waals surface area (Å²) in [5.41, 5.74) is 1.61. The van der Waals surface area contributed by atoms with Crippen molar-refractivity contribution in [1.29, 1.82) is 0 Å². The highest BCUT2D eigenvalue weighted by Gasteiger charge is 2.11. The van der Waals surface area contributed by atoms with Crippen LogP contribution in [0.5, 0.6) is 0 Å². The average molecular weight is 318 g/mol. The molecule has 3 rings (SSSR count). The van der Waals surface area contributed by atoms with Crippen molar-refractivity contribution < 1.29 is 0 Å². The summed E-state index contributed by atoms with van der Waals surface area (Å²) >= 11 is 7.49. The van der Waals surface area contributed by atoms with Crippen LogP contribution in [0.3, 0.4) is 0 Å². The molecule has 0 aliphatic rings. The molecule has 21 heavy (non-hydrogen) atoms. The zero-order valence-corrected chi connectivity index (χ0v) is 12.6. The van der Waals surface area contributed by atoms with Gasteiger partial charge in [0.2, 0.25) is 0 Å². The van der Waals surface area contributed by atoms with Crippen LogP contribution in [0.2, 0.25) is 5.02 Å². The van der Waals surface area contributed by atoms with Crippen LogP contribution in [-0.4, -0.2) is 14.8 Å². The molecular weight excluding hydrogens is 306 g/mol. The van der Waals surface area contributed by atoms with Gasteiger partial charge in [-0.3, -0.25) is 0 Å². The van der Waals surface area contributed by atoms with Gasteiger partial charge in [0, 0.05) is 10.8 Å². The van der Waals surface area contributed by atoms with E-state index < -0.39 is 0 Å². The van der Waals surface area contributed by atoms with E-state index >= 15 is 0 Å². The Morgan fingerprint density at radius 1 is 1.14 bits per heavy atom. The second-order valence-electron chi connectivity index (χ2n) is 4.40. The van der Waals surface area contributed by atoms with Gasteiger partial charge in [-0.15, -0.1) is 5.10 Å². The number of benzene rings is 2. The number of rotatable bonds is 4. The minimum Gasteiger partial charge on any atom is -0.246 e. The molecule has 0 saturated carbocycles. The lowest BCUT2D eigenvalue weighted by atomic mass is 10.2. The first kappa shape index (κ1) is 14.0. The highest BCUT2D eigenvalue weighted by molar-refractivity contribution is 7.98. The van der Waals surface area contributed by atoms with Crippen LogP contribution in [0.4, 0.5) is 0 Å². The van der Waals surface area contributed by atoms with Gasteiger partial charge in [-0.25, -0.2) is 14.5 Å². The molecule has 1 heterocycles. The molecule has 0 unspecified atom stereocenters. The molecule has 0 aliphatic carbocycles. The Hall–Kier alpha value is -1.98. The standard InChI is InChI=1S/C15H12ClN3OS/c16-12-7-4-8-13(9-12)19-14(20)17-18-15(19)21-10-11-5-2-1-3-6-11/h1-9H,10H2,(H,17,20). The van der Waals surface area contributed by atoms with Gasteiger partial charge < -0.3 is 0 Å². The number of hydrogen-bond donors (Lipinski definition) is 1. The predicted octanol–water partition coefficient (Wildman–Crippen LogP) is 3.51. The number of halogens is 1. The van der Waals surface area contributed by atoms with E-state index in [1.807, 2.05) is 42.5 Å². The van der Waals surface area contributed by atoms with Gasteiger partial charge in [-0.1, -0.05) is 59.8 Å². The maximum atomic E-state index is 12.0. The van der Waals surface area contributed by atoms with E-state index in [0.717, 1.165) is 5.75 Å². The highest BCUT2D eigenvalue weighted by atomic mass is 35.5. The van der Waals surface area contributed by atoms with E-state index in [4.69, 9.17) is 11.6 Å². The van der Waals surface area contributed by atoms with E-state index in [0.29, 0.717) is 15.9 Å². The second-order valence-corrected chi connectivity index (χ2v) is 5.78. The first-order chi connectivity index (χ1) is 10.2. The van der Waals surface area contributed by atoms with Crippen molar-refractivity contribution in [3.05, 3.63) is 75.7 Å². The summed E-state index contributed by atoms with van der Waals surface area (Å²) in [4.78, 5) is 12.0. The number of nitrogens with one attached hydrogen (secondary N) is 1. The lowest BCUT2D eigenvalue weighted by Gasteiger charge is -2.05. The first-order valence-corrected chi connectivity index (χ1v) is 7.70. The Balaban J connectivity index is 1.89. The van der Waals surface area contributed by atoms with E-state index in [1.54, 1.807) is 12.1 Å². The number of hydrogen-bond acceptors (Lipinski definition) is 3. The molecule has 6 heteroatoms. The summed E-state index contributed by atoms with van der Waals surface area (Å²) in [5, 5.41) is 7.77. The Bertz CT molecular complexity index is 798. The fraction of sp³-hybridized carbons (Fsp3) is 0.0667. The third-order valence-corrected chi connectivity index (χ3v) is 4.16. The van der Waals surface area contributed by atoms with Crippen LogP contribution in [0.1, 0.15) is 5.56 Å². The number of H-pyrrole nitrogens is 1. The Labute approximate surface area is 130 Å². The number of nitrogens with zero attached hydrogens (tertiary/aromatic N) is 2. The molecular formula is C15H12ClN3OS. The summed E-state index contributed by atoms with van der Waals surface area (Å²) in [6.07, 6.45) is 0. The quantitative estimate of drug-likeness (QED) is 0.749. The largest absolute Gasteiger partial charge is 0.348 e. The minimum atomic E-state index is -0.271. The van der Waals surface area contributed by atoms with E-state index in [2.05, 4.69) is 10.2 Å². The third-order valence-electron chi connectivity index (χ3n) is 2.92. The molecule has 0 fully saturated rings. The van der Waals surface area contributed by atoms with Crippen molar-refractivity contribution in [2.24, 2.45) is 0 Å². The topological polar surface area (TPSA) is 50.7 Å². The Kier molecular flexibility index (Phi) is 4.13. The third kappa shape index (κ3) is 3.20. The lowest BCUT2D eigenvalue weighted by Crippen LogP contribution is -2.15. The number of aromatic nitrogens is 3. The molecule has 0 spiro atoms.